The van der Waals surface area contributed by atoms with E-state index in [1.54, 1.807) is 23.6 Å². The van der Waals surface area contributed by atoms with E-state index in [2.05, 4.69) is 10.3 Å². The Hall–Kier alpha value is -1.91. The molecule has 0 aliphatic heterocycles. The van der Waals surface area contributed by atoms with Gasteiger partial charge in [-0.25, -0.2) is 9.37 Å². The van der Waals surface area contributed by atoms with Crippen molar-refractivity contribution in [3.05, 3.63) is 36.0 Å². The number of amides is 1. The Kier molecular flexibility index (Phi) is 2.85. The number of carbonyl (C=O) groups excluding carboxylic acids is 1. The van der Waals surface area contributed by atoms with Gasteiger partial charge < -0.3 is 9.72 Å². The maximum atomic E-state index is 12.9. The van der Waals surface area contributed by atoms with Gasteiger partial charge in [0, 0.05) is 18.8 Å². The molecule has 1 N–H and O–H groups in total. The topological polar surface area (TPSA) is 46.4 Å². The van der Waals surface area contributed by atoms with Crippen LogP contribution in [0.3, 0.4) is 0 Å². The predicted molar refractivity (Wildman–Crippen MR) is 57.3 cm³/mol. The van der Waals surface area contributed by atoms with Gasteiger partial charge in [-0.15, -0.1) is 0 Å². The smallest absolute Gasteiger partial charge is 0.220 e. The van der Waals surface area contributed by atoms with E-state index in [0.29, 0.717) is 24.3 Å². The zero-order chi connectivity index (χ0) is 11.5. The average Bonchev–Trinajstić information content (AvgIpc) is 2.67. The maximum absolute atomic E-state index is 12.9. The highest BCUT2D eigenvalue weighted by molar-refractivity contribution is 5.75. The summed E-state index contributed by atoms with van der Waals surface area (Å²) in [7, 11) is 0. The zero-order valence-corrected chi connectivity index (χ0v) is 8.90. The van der Waals surface area contributed by atoms with E-state index in [0.717, 1.165) is 0 Å². The third-order valence-electron chi connectivity index (χ3n) is 2.25. The fraction of sp³-hybridized carbons (Fsp3) is 0.273. The van der Waals surface area contributed by atoms with Gasteiger partial charge in [-0.2, -0.15) is 0 Å². The zero-order valence-electron chi connectivity index (χ0n) is 8.90. The normalized spacial score (nSPS) is 10.6. The first-order valence-corrected chi connectivity index (χ1v) is 5.09. The van der Waals surface area contributed by atoms with E-state index >= 15 is 0 Å². The first-order chi connectivity index (χ1) is 7.69. The van der Waals surface area contributed by atoms with Crippen molar-refractivity contribution < 1.29 is 9.18 Å². The second kappa shape index (κ2) is 4.30. The quantitative estimate of drug-likeness (QED) is 0.853. The molecule has 0 aliphatic rings. The highest BCUT2D eigenvalue weighted by Gasteiger charge is 2.03. The SMILES string of the molecule is CCC(=O)NCc1cn2cc(F)ccc2n1. The van der Waals surface area contributed by atoms with Gasteiger partial charge in [-0.05, 0) is 12.1 Å². The molecule has 0 radical (unpaired) electrons. The van der Waals surface area contributed by atoms with Crippen molar-refractivity contribution in [1.82, 2.24) is 14.7 Å². The molecule has 0 atom stereocenters. The molecule has 0 aromatic carbocycles. The van der Waals surface area contributed by atoms with E-state index in [-0.39, 0.29) is 11.7 Å². The predicted octanol–water partition coefficient (Wildman–Crippen LogP) is 1.50. The van der Waals surface area contributed by atoms with E-state index in [4.69, 9.17) is 0 Å². The molecule has 0 spiro atoms. The second-order valence-corrected chi connectivity index (χ2v) is 3.48. The number of halogens is 1. The Morgan fingerprint density at radius 3 is 3.06 bits per heavy atom. The number of hydrogen-bond acceptors (Lipinski definition) is 2. The summed E-state index contributed by atoms with van der Waals surface area (Å²) in [5, 5.41) is 2.72. The van der Waals surface area contributed by atoms with Gasteiger partial charge in [0.05, 0.1) is 12.2 Å². The van der Waals surface area contributed by atoms with Crippen LogP contribution in [0.5, 0.6) is 0 Å². The van der Waals surface area contributed by atoms with Gasteiger partial charge in [0.2, 0.25) is 5.91 Å². The summed E-state index contributed by atoms with van der Waals surface area (Å²) in [4.78, 5) is 15.3. The first-order valence-electron chi connectivity index (χ1n) is 5.09. The molecule has 2 aromatic heterocycles. The minimum Gasteiger partial charge on any atom is -0.350 e. The molecule has 84 valence electrons. The minimum absolute atomic E-state index is 0.0248. The van der Waals surface area contributed by atoms with Crippen LogP contribution >= 0.6 is 0 Å². The van der Waals surface area contributed by atoms with E-state index in [1.807, 2.05) is 0 Å². The number of nitrogens with one attached hydrogen (secondary N) is 1. The van der Waals surface area contributed by atoms with Crippen molar-refractivity contribution in [3.8, 4) is 0 Å². The molecule has 4 nitrogen and oxygen atoms in total. The van der Waals surface area contributed by atoms with Crippen LogP contribution in [0.25, 0.3) is 5.65 Å². The molecule has 1 amide bonds. The molecule has 0 fully saturated rings. The fourth-order valence-electron chi connectivity index (χ4n) is 1.42. The van der Waals surface area contributed by atoms with Gasteiger partial charge in [0.15, 0.2) is 0 Å². The van der Waals surface area contributed by atoms with E-state index in [9.17, 15) is 9.18 Å². The van der Waals surface area contributed by atoms with Crippen LogP contribution in [-0.2, 0) is 11.3 Å². The Morgan fingerprint density at radius 2 is 2.31 bits per heavy atom. The highest BCUT2D eigenvalue weighted by Crippen LogP contribution is 2.06. The maximum Gasteiger partial charge on any atom is 0.220 e. The Bertz CT molecular complexity index is 521. The lowest BCUT2D eigenvalue weighted by Crippen LogP contribution is -2.21. The van der Waals surface area contributed by atoms with E-state index < -0.39 is 0 Å². The lowest BCUT2D eigenvalue weighted by atomic mass is 10.4. The first kappa shape index (κ1) is 10.6. The summed E-state index contributed by atoms with van der Waals surface area (Å²) in [6.07, 6.45) is 3.50. The summed E-state index contributed by atoms with van der Waals surface area (Å²) in [6, 6.07) is 2.96. The molecule has 0 bridgehead atoms. The standard InChI is InChI=1S/C11H12FN3O/c1-2-11(16)13-5-9-7-15-6-8(12)3-4-10(15)14-9/h3-4,6-7H,2,5H2,1H3,(H,13,16). The Labute approximate surface area is 92.1 Å². The number of imidazole rings is 1. The number of pyridine rings is 1. The molecule has 0 aliphatic carbocycles. The summed E-state index contributed by atoms with van der Waals surface area (Å²) in [5.41, 5.74) is 1.38. The van der Waals surface area contributed by atoms with Crippen LogP contribution in [0, 0.1) is 5.82 Å². The van der Waals surface area contributed by atoms with Crippen LogP contribution in [0.1, 0.15) is 19.0 Å². The third-order valence-corrected chi connectivity index (χ3v) is 2.25. The number of rotatable bonds is 3. The summed E-state index contributed by atoms with van der Waals surface area (Å²) < 4.78 is 14.5. The highest BCUT2D eigenvalue weighted by atomic mass is 19.1. The molecule has 0 unspecified atom stereocenters. The van der Waals surface area contributed by atoms with Gasteiger partial charge in [0.25, 0.3) is 0 Å². The lowest BCUT2D eigenvalue weighted by molar-refractivity contribution is -0.120. The van der Waals surface area contributed by atoms with E-state index in [1.165, 1.54) is 12.3 Å². The number of hydrogen-bond donors (Lipinski definition) is 1. The molecular weight excluding hydrogens is 209 g/mol. The number of nitrogens with zero attached hydrogens (tertiary/aromatic N) is 2. The van der Waals surface area contributed by atoms with Crippen LogP contribution in [0.2, 0.25) is 0 Å². The third kappa shape index (κ3) is 2.18. The van der Waals surface area contributed by atoms with Crippen molar-refractivity contribution >= 4 is 11.6 Å². The van der Waals surface area contributed by atoms with Crippen molar-refractivity contribution in [2.75, 3.05) is 0 Å². The fourth-order valence-corrected chi connectivity index (χ4v) is 1.42. The molecule has 2 heterocycles. The van der Waals surface area contributed by atoms with Crippen LogP contribution in [-0.4, -0.2) is 15.3 Å². The van der Waals surface area contributed by atoms with Crippen molar-refractivity contribution in [1.29, 1.82) is 0 Å². The Morgan fingerprint density at radius 1 is 1.50 bits per heavy atom. The number of carbonyl (C=O) groups is 1. The van der Waals surface area contributed by atoms with Gasteiger partial charge in [-0.3, -0.25) is 4.79 Å². The van der Waals surface area contributed by atoms with Crippen LogP contribution < -0.4 is 5.32 Å². The molecular formula is C11H12FN3O. The number of fused-ring (bicyclic) bond motifs is 1. The minimum atomic E-state index is -0.311. The van der Waals surface area contributed by atoms with Crippen molar-refractivity contribution in [3.63, 3.8) is 0 Å². The lowest BCUT2D eigenvalue weighted by Gasteiger charge is -1.98. The van der Waals surface area contributed by atoms with Crippen LogP contribution in [0.15, 0.2) is 24.5 Å². The van der Waals surface area contributed by atoms with Crippen molar-refractivity contribution in [2.45, 2.75) is 19.9 Å². The van der Waals surface area contributed by atoms with Gasteiger partial charge in [-0.1, -0.05) is 6.92 Å². The molecule has 0 saturated heterocycles. The average molecular weight is 221 g/mol. The second-order valence-electron chi connectivity index (χ2n) is 3.48. The molecule has 2 aromatic rings. The number of aromatic nitrogens is 2. The summed E-state index contributed by atoms with van der Waals surface area (Å²) in [5.74, 6) is -0.336. The monoisotopic (exact) mass is 221 g/mol. The van der Waals surface area contributed by atoms with Gasteiger partial charge >= 0.3 is 0 Å². The van der Waals surface area contributed by atoms with Crippen LogP contribution in [0.4, 0.5) is 4.39 Å². The van der Waals surface area contributed by atoms with Gasteiger partial charge in [0.1, 0.15) is 11.5 Å². The summed E-state index contributed by atoms with van der Waals surface area (Å²) in [6.45, 7) is 2.16. The van der Waals surface area contributed by atoms with Crippen molar-refractivity contribution in [2.24, 2.45) is 0 Å². The molecule has 2 rings (SSSR count). The molecule has 0 saturated carbocycles. The summed E-state index contributed by atoms with van der Waals surface area (Å²) >= 11 is 0. The largest absolute Gasteiger partial charge is 0.350 e. The molecule has 16 heavy (non-hydrogen) atoms. The molecule has 5 heteroatoms. The Balaban J connectivity index is 2.16.